The third-order valence-corrected chi connectivity index (χ3v) is 7.46. The fourth-order valence-electron chi connectivity index (χ4n) is 5.26. The molecule has 0 radical (unpaired) electrons. The summed E-state index contributed by atoms with van der Waals surface area (Å²) in [6.45, 7) is 2.69. The minimum atomic E-state index is -4.96. The van der Waals surface area contributed by atoms with Crippen molar-refractivity contribution in [2.24, 2.45) is 0 Å². The molecule has 0 amide bonds. The molecule has 0 bridgehead atoms. The topological polar surface area (TPSA) is 93.8 Å². The molecule has 8 nitrogen and oxygen atoms in total. The van der Waals surface area contributed by atoms with E-state index >= 15 is 8.78 Å². The Hall–Kier alpha value is -3.94. The summed E-state index contributed by atoms with van der Waals surface area (Å²) in [6, 6.07) is 12.6. The number of methoxy groups -OCH3 is 1. The quantitative estimate of drug-likeness (QED) is 0.173. The van der Waals surface area contributed by atoms with Gasteiger partial charge in [-0.1, -0.05) is 30.3 Å². The molecule has 0 fully saturated rings. The average molecular weight is 656 g/mol. The Kier molecular flexibility index (Phi) is 12.0. The van der Waals surface area contributed by atoms with E-state index in [0.29, 0.717) is 22.9 Å². The van der Waals surface area contributed by atoms with Crippen LogP contribution in [0.15, 0.2) is 70.3 Å². The van der Waals surface area contributed by atoms with Crippen molar-refractivity contribution >= 4 is 41.2 Å². The standard InChI is InChI=1S/C32H30F5N3O5.Na.H/c1-4-38(17-9-16-27(41)42)24-13-5-6-14-25(24)40-30(43)28(20-10-7-15-26(45-3)29(20)34)19(2)39(31(40)44)18-21-22(32(35,36)37)11-8-12-23(21)33;;/h5-8,10-15H,4,9,16-18H2,1-3H3,(H,41,42);;. The van der Waals surface area contributed by atoms with Crippen LogP contribution in [-0.2, 0) is 17.5 Å². The third kappa shape index (κ3) is 7.37. The van der Waals surface area contributed by atoms with Crippen molar-refractivity contribution in [2.45, 2.75) is 39.4 Å². The summed E-state index contributed by atoms with van der Waals surface area (Å²) < 4.78 is 79.0. The summed E-state index contributed by atoms with van der Waals surface area (Å²) in [6.07, 6.45) is -4.87. The van der Waals surface area contributed by atoms with Crippen LogP contribution in [0.2, 0.25) is 0 Å². The Morgan fingerprint density at radius 3 is 2.30 bits per heavy atom. The summed E-state index contributed by atoms with van der Waals surface area (Å²) in [4.78, 5) is 41.2. The Morgan fingerprint density at radius 1 is 1.00 bits per heavy atom. The van der Waals surface area contributed by atoms with Gasteiger partial charge in [-0.05, 0) is 50.6 Å². The van der Waals surface area contributed by atoms with Gasteiger partial charge in [0.2, 0.25) is 0 Å². The minimum absolute atomic E-state index is 0. The molecule has 0 saturated heterocycles. The fraction of sp³-hybridized carbons (Fsp3) is 0.281. The Bertz CT molecular complexity index is 1860. The van der Waals surface area contributed by atoms with Crippen molar-refractivity contribution in [2.75, 3.05) is 25.1 Å². The second kappa shape index (κ2) is 15.1. The van der Waals surface area contributed by atoms with E-state index in [1.165, 1.54) is 44.4 Å². The van der Waals surface area contributed by atoms with Crippen molar-refractivity contribution in [1.29, 1.82) is 0 Å². The molecule has 240 valence electrons. The first-order chi connectivity index (χ1) is 21.3. The summed E-state index contributed by atoms with van der Waals surface area (Å²) >= 11 is 0. The van der Waals surface area contributed by atoms with E-state index in [1.807, 2.05) is 0 Å². The van der Waals surface area contributed by atoms with Crippen LogP contribution in [0.4, 0.5) is 27.6 Å². The van der Waals surface area contributed by atoms with Crippen LogP contribution in [-0.4, -0.2) is 70.0 Å². The molecule has 0 aliphatic carbocycles. The molecule has 0 spiro atoms. The number of aliphatic carboxylic acids is 1. The average Bonchev–Trinajstić information content (AvgIpc) is 2.98. The number of alkyl halides is 3. The van der Waals surface area contributed by atoms with Crippen LogP contribution in [0.1, 0.15) is 36.6 Å². The Labute approximate surface area is 283 Å². The molecule has 0 atom stereocenters. The normalized spacial score (nSPS) is 11.2. The zero-order valence-electron chi connectivity index (χ0n) is 24.6. The number of halogens is 5. The zero-order chi connectivity index (χ0) is 33.1. The number of nitrogens with zero attached hydrogens (tertiary/aromatic N) is 3. The van der Waals surface area contributed by atoms with Gasteiger partial charge in [-0.2, -0.15) is 13.2 Å². The van der Waals surface area contributed by atoms with Crippen molar-refractivity contribution in [1.82, 2.24) is 9.13 Å². The predicted molar refractivity (Wildman–Crippen MR) is 165 cm³/mol. The van der Waals surface area contributed by atoms with E-state index in [-0.39, 0.29) is 77.2 Å². The zero-order valence-corrected chi connectivity index (χ0v) is 24.6. The number of hydrogen-bond acceptors (Lipinski definition) is 5. The summed E-state index contributed by atoms with van der Waals surface area (Å²) in [7, 11) is 1.21. The van der Waals surface area contributed by atoms with Crippen molar-refractivity contribution in [3.8, 4) is 22.6 Å². The van der Waals surface area contributed by atoms with E-state index in [4.69, 9.17) is 9.84 Å². The number of aromatic nitrogens is 2. The number of carboxylic acid groups (broad SMARTS) is 1. The van der Waals surface area contributed by atoms with Crippen LogP contribution in [0.5, 0.6) is 5.75 Å². The van der Waals surface area contributed by atoms with Gasteiger partial charge in [0.05, 0.1) is 36.2 Å². The van der Waals surface area contributed by atoms with Gasteiger partial charge in [-0.25, -0.2) is 18.1 Å². The third-order valence-electron chi connectivity index (χ3n) is 7.46. The Morgan fingerprint density at radius 2 is 1.67 bits per heavy atom. The van der Waals surface area contributed by atoms with Gasteiger partial charge >= 0.3 is 47.4 Å². The summed E-state index contributed by atoms with van der Waals surface area (Å²) in [5.41, 5.74) is -4.67. The van der Waals surface area contributed by atoms with E-state index in [1.54, 1.807) is 24.0 Å². The maximum atomic E-state index is 15.6. The predicted octanol–water partition coefficient (Wildman–Crippen LogP) is 5.37. The van der Waals surface area contributed by atoms with Gasteiger partial charge in [-0.3, -0.25) is 14.2 Å². The first-order valence-electron chi connectivity index (χ1n) is 13.9. The van der Waals surface area contributed by atoms with Crippen molar-refractivity contribution < 1.29 is 36.6 Å². The van der Waals surface area contributed by atoms with Crippen molar-refractivity contribution in [3.05, 3.63) is 110 Å². The van der Waals surface area contributed by atoms with E-state index in [9.17, 15) is 27.6 Å². The van der Waals surface area contributed by atoms with E-state index in [0.717, 1.165) is 16.7 Å². The molecule has 0 unspecified atom stereocenters. The fourth-order valence-corrected chi connectivity index (χ4v) is 5.26. The molecule has 1 N–H and O–H groups in total. The van der Waals surface area contributed by atoms with Gasteiger partial charge in [0.15, 0.2) is 11.6 Å². The number of para-hydroxylation sites is 2. The number of carbonyl (C=O) groups is 1. The first-order valence-corrected chi connectivity index (χ1v) is 13.9. The number of ether oxygens (including phenoxy) is 1. The van der Waals surface area contributed by atoms with Crippen LogP contribution < -0.4 is 20.9 Å². The Balaban J connectivity index is 0.00000576. The molecule has 0 aliphatic rings. The molecule has 0 saturated carbocycles. The molecule has 14 heteroatoms. The number of hydrogen-bond donors (Lipinski definition) is 1. The van der Waals surface area contributed by atoms with Crippen molar-refractivity contribution in [3.63, 3.8) is 0 Å². The molecule has 4 aromatic rings. The summed E-state index contributed by atoms with van der Waals surface area (Å²) in [5.74, 6) is -3.40. The van der Waals surface area contributed by atoms with E-state index in [2.05, 4.69) is 0 Å². The van der Waals surface area contributed by atoms with Gasteiger partial charge in [0, 0.05) is 36.3 Å². The summed E-state index contributed by atoms with van der Waals surface area (Å²) in [5, 5.41) is 9.10. The van der Waals surface area contributed by atoms with Crippen LogP contribution in [0.25, 0.3) is 16.8 Å². The molecule has 1 aromatic heterocycles. The van der Waals surface area contributed by atoms with Crippen LogP contribution in [0.3, 0.4) is 0 Å². The molecule has 46 heavy (non-hydrogen) atoms. The van der Waals surface area contributed by atoms with Gasteiger partial charge in [0.25, 0.3) is 5.56 Å². The van der Waals surface area contributed by atoms with Gasteiger partial charge in [0.1, 0.15) is 5.82 Å². The van der Waals surface area contributed by atoms with Crippen LogP contribution in [0, 0.1) is 18.6 Å². The van der Waals surface area contributed by atoms with Crippen LogP contribution >= 0.6 is 0 Å². The second-order valence-corrected chi connectivity index (χ2v) is 10.1. The number of anilines is 1. The monoisotopic (exact) mass is 655 g/mol. The SMILES string of the molecule is CCN(CCCC(=O)O)c1ccccc1-n1c(=O)c(-c2cccc(OC)c2F)c(C)n(Cc2c(F)cccc2C(F)(F)F)c1=O.[NaH]. The molecular formula is C32H31F5N3NaO5. The number of benzene rings is 3. The molecule has 3 aromatic carbocycles. The second-order valence-electron chi connectivity index (χ2n) is 10.1. The first kappa shape index (κ1) is 36.5. The maximum absolute atomic E-state index is 15.6. The number of rotatable bonds is 11. The van der Waals surface area contributed by atoms with E-state index < -0.39 is 52.7 Å². The molecular weight excluding hydrogens is 624 g/mol. The molecule has 0 aliphatic heterocycles. The van der Waals surface area contributed by atoms with Gasteiger partial charge < -0.3 is 14.7 Å². The van der Waals surface area contributed by atoms with Gasteiger partial charge in [-0.15, -0.1) is 0 Å². The number of carboxylic acids is 1. The molecule has 4 rings (SSSR count). The molecule has 1 heterocycles.